The molecule has 0 atom stereocenters. The van der Waals surface area contributed by atoms with E-state index in [2.05, 4.69) is 610 Å². The van der Waals surface area contributed by atoms with Crippen LogP contribution in [0.5, 0.6) is 0 Å². The van der Waals surface area contributed by atoms with E-state index in [0.717, 1.165) is 34.1 Å². The summed E-state index contributed by atoms with van der Waals surface area (Å²) in [5.41, 5.74) is 43.2. The highest BCUT2D eigenvalue weighted by Crippen LogP contribution is 2.46. The Bertz CT molecular complexity index is 10400. The number of hydrogen-bond donors (Lipinski definition) is 0. The summed E-state index contributed by atoms with van der Waals surface area (Å²) in [6, 6.07) is 211. The standard InChI is InChI=1S/3C48H32N2/c1-3-13-33(14-4-1)35-17-11-19-39(29-35)49-46-24-10-8-22-42(46)44-31-37(26-28-47(44)49)38-25-27-43-41-21-7-9-23-45(41)50(48(43)32-38)40-20-12-18-36(30-40)34-15-5-2-6-16-34;1-3-12-33(13-4-1)35-22-26-39(27-23-35)49-45-20-9-7-18-41(45)43-28-24-38(32-48(43)49)37-25-29-47-44(31-37)42-19-8-10-21-46(42)50(47)40-17-11-16-36(30-40)34-14-5-2-6-15-34;1-3-12-33(13-4-1)35-22-26-39(27-23-35)49-45-20-9-7-18-41(45)43-28-24-37(31-47(43)49)38-25-29-44-42-19-8-10-21-46(42)50(48(44)32-38)40-17-11-16-36(30-40)34-14-5-2-6-15-34/h3*1-32H. The summed E-state index contributed by atoms with van der Waals surface area (Å²) in [4.78, 5) is 0. The van der Waals surface area contributed by atoms with Gasteiger partial charge in [0.1, 0.15) is 0 Å². The van der Waals surface area contributed by atoms with Crippen molar-refractivity contribution in [2.24, 2.45) is 0 Å². The van der Waals surface area contributed by atoms with Crippen molar-refractivity contribution >= 4 is 131 Å². The summed E-state index contributed by atoms with van der Waals surface area (Å²) in [5, 5.41) is 15.1. The highest BCUT2D eigenvalue weighted by atomic mass is 15.0. The molecule has 702 valence electrons. The van der Waals surface area contributed by atoms with Gasteiger partial charge in [0.2, 0.25) is 0 Å². The zero-order valence-electron chi connectivity index (χ0n) is 82.1. The van der Waals surface area contributed by atoms with Gasteiger partial charge in [0.15, 0.2) is 0 Å². The first-order valence-electron chi connectivity index (χ1n) is 51.6. The Morgan fingerprint density at radius 1 is 0.0733 bits per heavy atom. The molecular formula is C144H96N6. The molecule has 0 radical (unpaired) electrons. The summed E-state index contributed by atoms with van der Waals surface area (Å²) < 4.78 is 14.5. The fourth-order valence-electron chi connectivity index (χ4n) is 23.3. The van der Waals surface area contributed by atoms with E-state index in [-0.39, 0.29) is 0 Å². The van der Waals surface area contributed by atoms with Gasteiger partial charge in [-0.05, 0) is 258 Å². The van der Waals surface area contributed by atoms with E-state index < -0.39 is 0 Å². The molecule has 0 aliphatic heterocycles. The molecule has 0 fully saturated rings. The lowest BCUT2D eigenvalue weighted by atomic mass is 10.0. The third-order valence-corrected chi connectivity index (χ3v) is 30.4. The molecule has 30 aromatic rings. The van der Waals surface area contributed by atoms with E-state index in [1.165, 1.54) is 231 Å². The Hall–Kier alpha value is -19.9. The van der Waals surface area contributed by atoms with Crippen LogP contribution >= 0.6 is 0 Å². The molecule has 0 spiro atoms. The van der Waals surface area contributed by atoms with Gasteiger partial charge in [-0.25, -0.2) is 0 Å². The second kappa shape index (κ2) is 37.4. The highest BCUT2D eigenvalue weighted by Gasteiger charge is 2.24. The number of para-hydroxylation sites is 6. The monoisotopic (exact) mass is 1910 g/mol. The molecule has 6 aromatic heterocycles. The number of nitrogens with zero attached hydrogens (tertiary/aromatic N) is 6. The van der Waals surface area contributed by atoms with E-state index >= 15 is 0 Å². The first-order chi connectivity index (χ1) is 74.4. The average molecular weight is 1910 g/mol. The second-order valence-electron chi connectivity index (χ2n) is 39.0. The maximum absolute atomic E-state index is 2.42. The molecule has 6 heterocycles. The van der Waals surface area contributed by atoms with E-state index in [9.17, 15) is 0 Å². The van der Waals surface area contributed by atoms with Gasteiger partial charge in [0.25, 0.3) is 0 Å². The van der Waals surface area contributed by atoms with Crippen molar-refractivity contribution in [3.63, 3.8) is 0 Å². The van der Waals surface area contributed by atoms with Gasteiger partial charge in [-0.15, -0.1) is 0 Å². The van der Waals surface area contributed by atoms with Crippen molar-refractivity contribution in [3.05, 3.63) is 582 Å². The van der Waals surface area contributed by atoms with Crippen molar-refractivity contribution in [2.75, 3.05) is 0 Å². The fourth-order valence-corrected chi connectivity index (χ4v) is 23.3. The molecule has 30 rings (SSSR count). The Morgan fingerprint density at radius 3 is 0.473 bits per heavy atom. The lowest BCUT2D eigenvalue weighted by Crippen LogP contribution is -1.95. The van der Waals surface area contributed by atoms with Crippen LogP contribution in [0.3, 0.4) is 0 Å². The molecule has 24 aromatic carbocycles. The molecule has 0 unspecified atom stereocenters. The predicted octanol–water partition coefficient (Wildman–Crippen LogP) is 38.6. The van der Waals surface area contributed by atoms with E-state index in [4.69, 9.17) is 0 Å². The van der Waals surface area contributed by atoms with Crippen LogP contribution in [0.1, 0.15) is 0 Å². The first-order valence-corrected chi connectivity index (χ1v) is 51.6. The average Bonchev–Trinajstić information content (AvgIpc) is 1.59. The van der Waals surface area contributed by atoms with Gasteiger partial charge in [-0.2, -0.15) is 0 Å². The predicted molar refractivity (Wildman–Crippen MR) is 634 cm³/mol. The SMILES string of the molecule is c1ccc(-c2ccc(-n3c4ccccc4c4ccc(-c5ccc6c(c5)c5ccccc5n6-c5cccc(-c6ccccc6)c5)cc43)cc2)cc1.c1ccc(-c2ccc(-n3c4ccccc4c4ccc(-c5ccc6c7ccccc7n(-c7cccc(-c8ccccc8)c7)c6c5)cc43)cc2)cc1.c1ccc(-c2cccc(-n3c4ccccc4c4cc(-c5ccc6c7ccccc7n(-c7cccc(-c8ccccc8)c7)c6c5)ccc43)c2)cc1. The third-order valence-electron chi connectivity index (χ3n) is 30.4. The summed E-state index contributed by atoms with van der Waals surface area (Å²) in [6.45, 7) is 0. The van der Waals surface area contributed by atoms with Crippen molar-refractivity contribution in [2.45, 2.75) is 0 Å². The first kappa shape index (κ1) is 87.8. The number of aromatic nitrogens is 6. The smallest absolute Gasteiger partial charge is 0.0547 e. The van der Waals surface area contributed by atoms with Crippen LogP contribution in [0, 0.1) is 0 Å². The Kier molecular flexibility index (Phi) is 21.9. The van der Waals surface area contributed by atoms with Crippen LogP contribution in [0.4, 0.5) is 0 Å². The summed E-state index contributed by atoms with van der Waals surface area (Å²) >= 11 is 0. The van der Waals surface area contributed by atoms with Crippen LogP contribution in [0.2, 0.25) is 0 Å². The van der Waals surface area contributed by atoms with Crippen LogP contribution < -0.4 is 0 Å². The maximum atomic E-state index is 2.42. The zero-order valence-corrected chi connectivity index (χ0v) is 82.1. The minimum absolute atomic E-state index is 1.15. The maximum Gasteiger partial charge on any atom is 0.0547 e. The van der Waals surface area contributed by atoms with Gasteiger partial charge in [-0.3, -0.25) is 0 Å². The van der Waals surface area contributed by atoms with Crippen LogP contribution in [0.15, 0.2) is 582 Å². The van der Waals surface area contributed by atoms with Crippen LogP contribution in [0.25, 0.3) is 265 Å². The number of hydrogen-bond acceptors (Lipinski definition) is 0. The van der Waals surface area contributed by atoms with E-state index in [1.807, 2.05) is 0 Å². The zero-order chi connectivity index (χ0) is 99.1. The van der Waals surface area contributed by atoms with E-state index in [0.29, 0.717) is 0 Å². The molecule has 0 aliphatic rings. The molecule has 0 saturated heterocycles. The van der Waals surface area contributed by atoms with Gasteiger partial charge >= 0.3 is 0 Å². The quantitative estimate of drug-likeness (QED) is 0.0979. The van der Waals surface area contributed by atoms with Crippen molar-refractivity contribution in [1.29, 1.82) is 0 Å². The fraction of sp³-hybridized carbons (Fsp3) is 0. The minimum Gasteiger partial charge on any atom is -0.309 e. The normalized spacial score (nSPS) is 11.6. The van der Waals surface area contributed by atoms with E-state index in [1.54, 1.807) is 0 Å². The molecular weight excluding hydrogens is 1810 g/mol. The Labute approximate surface area is 868 Å². The molecule has 0 aliphatic carbocycles. The Balaban J connectivity index is 0.000000108. The Morgan fingerprint density at radius 2 is 0.227 bits per heavy atom. The minimum atomic E-state index is 1.15. The molecule has 0 saturated carbocycles. The number of fused-ring (bicyclic) bond motifs is 18. The lowest BCUT2D eigenvalue weighted by Gasteiger charge is -2.12. The second-order valence-corrected chi connectivity index (χ2v) is 39.0. The van der Waals surface area contributed by atoms with Gasteiger partial charge < -0.3 is 27.4 Å². The van der Waals surface area contributed by atoms with Crippen molar-refractivity contribution in [1.82, 2.24) is 27.4 Å². The summed E-state index contributed by atoms with van der Waals surface area (Å²) in [7, 11) is 0. The third kappa shape index (κ3) is 15.6. The van der Waals surface area contributed by atoms with Crippen molar-refractivity contribution < 1.29 is 0 Å². The highest BCUT2D eigenvalue weighted by molar-refractivity contribution is 6.17. The largest absolute Gasteiger partial charge is 0.309 e. The molecule has 6 heteroatoms. The number of benzene rings is 24. The van der Waals surface area contributed by atoms with Crippen LogP contribution in [-0.2, 0) is 0 Å². The van der Waals surface area contributed by atoms with Gasteiger partial charge in [0.05, 0.1) is 66.2 Å². The topological polar surface area (TPSA) is 29.6 Å². The molecule has 0 bridgehead atoms. The van der Waals surface area contributed by atoms with Crippen LogP contribution in [-0.4, -0.2) is 27.4 Å². The molecule has 150 heavy (non-hydrogen) atoms. The lowest BCUT2D eigenvalue weighted by molar-refractivity contribution is 1.18. The van der Waals surface area contributed by atoms with Gasteiger partial charge in [0, 0.05) is 98.8 Å². The molecule has 6 nitrogen and oxygen atoms in total. The summed E-state index contributed by atoms with van der Waals surface area (Å²) in [6.07, 6.45) is 0. The molecule has 0 N–H and O–H groups in total. The van der Waals surface area contributed by atoms with Crippen molar-refractivity contribution in [3.8, 4) is 134 Å². The molecule has 0 amide bonds. The number of rotatable bonds is 15. The summed E-state index contributed by atoms with van der Waals surface area (Å²) in [5.74, 6) is 0. The van der Waals surface area contributed by atoms with Gasteiger partial charge in [-0.1, -0.05) is 425 Å².